The van der Waals surface area contributed by atoms with E-state index in [0.29, 0.717) is 12.8 Å². The fourth-order valence-electron chi connectivity index (χ4n) is 2.10. The molecule has 0 amide bonds. The maximum atomic E-state index is 11.6. The highest BCUT2D eigenvalue weighted by molar-refractivity contribution is 5.82. The van der Waals surface area contributed by atoms with Crippen LogP contribution in [-0.4, -0.2) is 24.1 Å². The molecule has 0 aliphatic heterocycles. The topological polar surface area (TPSA) is 52.6 Å². The molecule has 0 radical (unpaired) electrons. The fraction of sp³-hybridized carbons (Fsp3) is 0.667. The van der Waals surface area contributed by atoms with E-state index in [9.17, 15) is 9.59 Å². The van der Waals surface area contributed by atoms with Gasteiger partial charge in [-0.2, -0.15) is 0 Å². The van der Waals surface area contributed by atoms with Crippen molar-refractivity contribution in [1.29, 1.82) is 0 Å². The molecule has 126 valence electrons. The summed E-state index contributed by atoms with van der Waals surface area (Å²) in [7, 11) is 0. The molecule has 2 atom stereocenters. The summed E-state index contributed by atoms with van der Waals surface area (Å²) in [5.74, 6) is -1.02. The van der Waals surface area contributed by atoms with Gasteiger partial charge in [-0.05, 0) is 23.7 Å². The van der Waals surface area contributed by atoms with Gasteiger partial charge in [0.1, 0.15) is 12.2 Å². The average Bonchev–Trinajstić information content (AvgIpc) is 2.33. The summed E-state index contributed by atoms with van der Waals surface area (Å²) in [6.07, 6.45) is 2.37. The van der Waals surface area contributed by atoms with Crippen LogP contribution in [0.4, 0.5) is 0 Å². The largest absolute Gasteiger partial charge is 0.455 e. The van der Waals surface area contributed by atoms with E-state index < -0.39 is 24.1 Å². The van der Waals surface area contributed by atoms with Crippen LogP contribution in [0.25, 0.3) is 0 Å². The van der Waals surface area contributed by atoms with Crippen molar-refractivity contribution in [2.45, 2.75) is 66.6 Å². The molecule has 0 aromatic rings. The van der Waals surface area contributed by atoms with Crippen LogP contribution >= 0.6 is 0 Å². The number of esters is 2. The van der Waals surface area contributed by atoms with E-state index in [1.165, 1.54) is 0 Å². The Hall–Kier alpha value is -1.58. The number of hydrogen-bond acceptors (Lipinski definition) is 4. The van der Waals surface area contributed by atoms with E-state index in [4.69, 9.17) is 9.47 Å². The third-order valence-electron chi connectivity index (χ3n) is 2.91. The maximum Gasteiger partial charge on any atom is 0.330 e. The molecule has 0 saturated heterocycles. The van der Waals surface area contributed by atoms with Crippen LogP contribution in [0.5, 0.6) is 0 Å². The number of hydrogen-bond donors (Lipinski definition) is 0. The summed E-state index contributed by atoms with van der Waals surface area (Å²) in [5.41, 5.74) is -0.161. The molecule has 0 rings (SSSR count). The Bertz CT molecular complexity index is 370. The van der Waals surface area contributed by atoms with Gasteiger partial charge in [0.15, 0.2) is 0 Å². The van der Waals surface area contributed by atoms with Gasteiger partial charge >= 0.3 is 11.9 Å². The van der Waals surface area contributed by atoms with E-state index in [1.807, 2.05) is 41.5 Å². The average molecular weight is 310 g/mol. The van der Waals surface area contributed by atoms with E-state index in [0.717, 1.165) is 12.2 Å². The van der Waals surface area contributed by atoms with Crippen LogP contribution in [0.3, 0.4) is 0 Å². The lowest BCUT2D eigenvalue weighted by Gasteiger charge is -2.34. The van der Waals surface area contributed by atoms with Gasteiger partial charge in [-0.15, -0.1) is 0 Å². The van der Waals surface area contributed by atoms with E-state index in [-0.39, 0.29) is 10.8 Å². The predicted octanol–water partition coefficient (Wildman–Crippen LogP) is 4.05. The molecule has 22 heavy (non-hydrogen) atoms. The molecule has 0 saturated carbocycles. The van der Waals surface area contributed by atoms with Crippen LogP contribution in [0, 0.1) is 10.8 Å². The van der Waals surface area contributed by atoms with Crippen LogP contribution in [-0.2, 0) is 19.1 Å². The SMILES string of the molecule is C=CC(=O)OC(CC(C)(C)C)C(CC(C)(C)C)OC(=O)C=C. The lowest BCUT2D eigenvalue weighted by atomic mass is 9.82. The number of carbonyl (C=O) groups excluding carboxylic acids is 2. The molecule has 0 aliphatic rings. The van der Waals surface area contributed by atoms with Gasteiger partial charge in [0.25, 0.3) is 0 Å². The van der Waals surface area contributed by atoms with E-state index in [2.05, 4.69) is 13.2 Å². The Morgan fingerprint density at radius 2 is 1.09 bits per heavy atom. The molecule has 0 spiro atoms. The van der Waals surface area contributed by atoms with Gasteiger partial charge < -0.3 is 9.47 Å². The molecule has 0 fully saturated rings. The second-order valence-corrected chi connectivity index (χ2v) is 7.89. The van der Waals surface area contributed by atoms with E-state index in [1.54, 1.807) is 0 Å². The molecular weight excluding hydrogens is 280 g/mol. The summed E-state index contributed by atoms with van der Waals surface area (Å²) in [5, 5.41) is 0. The van der Waals surface area contributed by atoms with Crippen molar-refractivity contribution < 1.29 is 19.1 Å². The van der Waals surface area contributed by atoms with E-state index >= 15 is 0 Å². The van der Waals surface area contributed by atoms with Crippen LogP contribution in [0.2, 0.25) is 0 Å². The lowest BCUT2D eigenvalue weighted by molar-refractivity contribution is -0.166. The fourth-order valence-corrected chi connectivity index (χ4v) is 2.10. The first kappa shape index (κ1) is 20.4. The van der Waals surface area contributed by atoms with Crippen molar-refractivity contribution in [2.24, 2.45) is 10.8 Å². The molecule has 2 unspecified atom stereocenters. The first-order chi connectivity index (χ1) is 9.88. The molecular formula is C18H30O4. The summed E-state index contributed by atoms with van der Waals surface area (Å²) in [6.45, 7) is 19.1. The van der Waals surface area contributed by atoms with Gasteiger partial charge in [0.05, 0.1) is 0 Å². The minimum atomic E-state index is -0.520. The van der Waals surface area contributed by atoms with Crippen LogP contribution in [0.15, 0.2) is 25.3 Å². The third-order valence-corrected chi connectivity index (χ3v) is 2.91. The molecule has 4 heteroatoms. The molecule has 0 bridgehead atoms. The number of carbonyl (C=O) groups is 2. The zero-order chi connectivity index (χ0) is 17.6. The maximum absolute atomic E-state index is 11.6. The van der Waals surface area contributed by atoms with Gasteiger partial charge in [0.2, 0.25) is 0 Å². The molecule has 0 heterocycles. The van der Waals surface area contributed by atoms with Crippen molar-refractivity contribution in [3.05, 3.63) is 25.3 Å². The predicted molar refractivity (Wildman–Crippen MR) is 88.3 cm³/mol. The zero-order valence-electron chi connectivity index (χ0n) is 14.8. The monoisotopic (exact) mass is 310 g/mol. The summed E-state index contributed by atoms with van der Waals surface area (Å²) in [6, 6.07) is 0. The van der Waals surface area contributed by atoms with Gasteiger partial charge in [-0.25, -0.2) is 9.59 Å². The van der Waals surface area contributed by atoms with Crippen molar-refractivity contribution in [1.82, 2.24) is 0 Å². The Kier molecular flexibility index (Phi) is 7.57. The molecule has 0 aromatic heterocycles. The normalized spacial score (nSPS) is 14.6. The summed E-state index contributed by atoms with van der Waals surface area (Å²) < 4.78 is 10.9. The molecule has 4 nitrogen and oxygen atoms in total. The van der Waals surface area contributed by atoms with Crippen molar-refractivity contribution in [3.8, 4) is 0 Å². The van der Waals surface area contributed by atoms with Crippen molar-refractivity contribution in [3.63, 3.8) is 0 Å². The minimum absolute atomic E-state index is 0.0805. The van der Waals surface area contributed by atoms with Gasteiger partial charge in [-0.1, -0.05) is 54.7 Å². The third kappa shape index (κ3) is 9.37. The first-order valence-corrected chi connectivity index (χ1v) is 7.54. The Morgan fingerprint density at radius 3 is 1.27 bits per heavy atom. The Balaban J connectivity index is 5.37. The highest BCUT2D eigenvalue weighted by Gasteiger charge is 2.34. The molecule has 0 aliphatic carbocycles. The summed E-state index contributed by atoms with van der Waals surface area (Å²) in [4.78, 5) is 23.3. The quantitative estimate of drug-likeness (QED) is 0.526. The smallest absolute Gasteiger partial charge is 0.330 e. The lowest BCUT2D eigenvalue weighted by Crippen LogP contribution is -2.39. The van der Waals surface area contributed by atoms with Gasteiger partial charge in [0, 0.05) is 12.2 Å². The highest BCUT2D eigenvalue weighted by atomic mass is 16.6. The van der Waals surface area contributed by atoms with Crippen LogP contribution in [0.1, 0.15) is 54.4 Å². The van der Waals surface area contributed by atoms with Crippen molar-refractivity contribution in [2.75, 3.05) is 0 Å². The van der Waals surface area contributed by atoms with Crippen LogP contribution < -0.4 is 0 Å². The number of ether oxygens (including phenoxy) is 2. The number of rotatable bonds is 7. The Morgan fingerprint density at radius 1 is 0.818 bits per heavy atom. The first-order valence-electron chi connectivity index (χ1n) is 7.54. The Labute approximate surface area is 134 Å². The zero-order valence-corrected chi connectivity index (χ0v) is 14.8. The second kappa shape index (κ2) is 8.16. The summed E-state index contributed by atoms with van der Waals surface area (Å²) >= 11 is 0. The molecule has 0 aromatic carbocycles. The second-order valence-electron chi connectivity index (χ2n) is 7.89. The van der Waals surface area contributed by atoms with Gasteiger partial charge in [-0.3, -0.25) is 0 Å². The highest BCUT2D eigenvalue weighted by Crippen LogP contribution is 2.31. The van der Waals surface area contributed by atoms with Crippen molar-refractivity contribution >= 4 is 11.9 Å². The minimum Gasteiger partial charge on any atom is -0.455 e. The standard InChI is InChI=1S/C18H30O4/c1-9-15(19)21-13(11-17(3,4)5)14(12-18(6,7)8)22-16(20)10-2/h9-10,13-14H,1-2,11-12H2,3-8H3. The molecule has 0 N–H and O–H groups in total.